The van der Waals surface area contributed by atoms with Gasteiger partial charge in [0.25, 0.3) is 5.91 Å². The van der Waals surface area contributed by atoms with E-state index >= 15 is 0 Å². The molecule has 23 heavy (non-hydrogen) atoms. The van der Waals surface area contributed by atoms with Gasteiger partial charge in [-0.2, -0.15) is 0 Å². The molecular formula is C16H19ClN4OS. The molecule has 0 radical (unpaired) electrons. The number of carbonyl (C=O) groups is 1. The van der Waals surface area contributed by atoms with Crippen molar-refractivity contribution in [3.05, 3.63) is 39.9 Å². The van der Waals surface area contributed by atoms with Crippen LogP contribution in [0.15, 0.2) is 24.3 Å². The van der Waals surface area contributed by atoms with Crippen molar-refractivity contribution in [3.8, 4) is 0 Å². The van der Waals surface area contributed by atoms with Crippen molar-refractivity contribution in [2.45, 2.75) is 25.7 Å². The van der Waals surface area contributed by atoms with Gasteiger partial charge in [0, 0.05) is 23.6 Å². The van der Waals surface area contributed by atoms with Gasteiger partial charge in [-0.25, -0.2) is 0 Å². The smallest absolute Gasteiger partial charge is 0.257 e. The lowest BCUT2D eigenvalue weighted by atomic mass is 10.1. The minimum Gasteiger partial charge on any atom is -0.303 e. The van der Waals surface area contributed by atoms with Crippen LogP contribution in [-0.2, 0) is 6.42 Å². The molecule has 2 aromatic rings. The Morgan fingerprint density at radius 2 is 1.91 bits per heavy atom. The monoisotopic (exact) mass is 350 g/mol. The van der Waals surface area contributed by atoms with Gasteiger partial charge in [0.05, 0.1) is 0 Å². The maximum atomic E-state index is 12.1. The van der Waals surface area contributed by atoms with Gasteiger partial charge in [0.1, 0.15) is 5.01 Å². The van der Waals surface area contributed by atoms with Gasteiger partial charge < -0.3 is 4.90 Å². The fourth-order valence-electron chi connectivity index (χ4n) is 2.61. The van der Waals surface area contributed by atoms with Gasteiger partial charge in [-0.3, -0.25) is 10.1 Å². The van der Waals surface area contributed by atoms with E-state index in [4.69, 9.17) is 11.6 Å². The molecule has 1 aromatic heterocycles. The number of rotatable bonds is 5. The van der Waals surface area contributed by atoms with Gasteiger partial charge in [-0.15, -0.1) is 10.2 Å². The number of nitrogens with zero attached hydrogens (tertiary/aromatic N) is 3. The van der Waals surface area contributed by atoms with E-state index in [9.17, 15) is 4.79 Å². The van der Waals surface area contributed by atoms with E-state index in [0.717, 1.165) is 18.0 Å². The number of anilines is 1. The van der Waals surface area contributed by atoms with E-state index in [2.05, 4.69) is 20.4 Å². The highest BCUT2D eigenvalue weighted by molar-refractivity contribution is 7.15. The lowest BCUT2D eigenvalue weighted by Crippen LogP contribution is -2.31. The van der Waals surface area contributed by atoms with Gasteiger partial charge in [0.2, 0.25) is 5.13 Å². The number of likely N-dealkylation sites (tertiary alicyclic amines) is 1. The summed E-state index contributed by atoms with van der Waals surface area (Å²) in [7, 11) is 0. The molecule has 0 aliphatic carbocycles. The number of benzene rings is 1. The number of hydrogen-bond donors (Lipinski definition) is 1. The van der Waals surface area contributed by atoms with Crippen LogP contribution >= 0.6 is 22.9 Å². The summed E-state index contributed by atoms with van der Waals surface area (Å²) in [5, 5.41) is 13.1. The molecule has 0 bridgehead atoms. The molecule has 0 unspecified atom stereocenters. The van der Waals surface area contributed by atoms with Crippen LogP contribution in [0, 0.1) is 0 Å². The molecular weight excluding hydrogens is 332 g/mol. The normalized spacial score (nSPS) is 15.5. The molecule has 5 nitrogen and oxygen atoms in total. The second kappa shape index (κ2) is 7.86. The lowest BCUT2D eigenvalue weighted by Gasteiger charge is -2.25. The second-order valence-corrected chi connectivity index (χ2v) is 7.11. The number of hydrogen-bond acceptors (Lipinski definition) is 5. The predicted octanol–water partition coefficient (Wildman–Crippen LogP) is 3.47. The highest BCUT2D eigenvalue weighted by atomic mass is 35.5. The summed E-state index contributed by atoms with van der Waals surface area (Å²) in [4.78, 5) is 14.6. The van der Waals surface area contributed by atoms with Crippen LogP contribution in [0.2, 0.25) is 5.02 Å². The Morgan fingerprint density at radius 3 is 2.65 bits per heavy atom. The summed E-state index contributed by atoms with van der Waals surface area (Å²) in [5.74, 6) is -0.194. The largest absolute Gasteiger partial charge is 0.303 e. The third-order valence-electron chi connectivity index (χ3n) is 3.88. The lowest BCUT2D eigenvalue weighted by molar-refractivity contribution is 0.102. The molecule has 1 fully saturated rings. The quantitative estimate of drug-likeness (QED) is 0.897. The van der Waals surface area contributed by atoms with Crippen molar-refractivity contribution in [3.63, 3.8) is 0 Å². The molecule has 7 heteroatoms. The van der Waals surface area contributed by atoms with Crippen LogP contribution in [0.25, 0.3) is 0 Å². The van der Waals surface area contributed by atoms with E-state index in [1.54, 1.807) is 24.3 Å². The van der Waals surface area contributed by atoms with Crippen molar-refractivity contribution in [2.24, 2.45) is 0 Å². The molecule has 0 spiro atoms. The third kappa shape index (κ3) is 4.73. The van der Waals surface area contributed by atoms with Crippen LogP contribution in [0.5, 0.6) is 0 Å². The Morgan fingerprint density at radius 1 is 1.17 bits per heavy atom. The van der Waals surface area contributed by atoms with Crippen molar-refractivity contribution >= 4 is 34.0 Å². The van der Waals surface area contributed by atoms with Gasteiger partial charge >= 0.3 is 0 Å². The second-order valence-electron chi connectivity index (χ2n) is 5.61. The van der Waals surface area contributed by atoms with Crippen molar-refractivity contribution < 1.29 is 4.79 Å². The first-order valence-electron chi connectivity index (χ1n) is 7.82. The number of piperidine rings is 1. The molecule has 2 heterocycles. The highest BCUT2D eigenvalue weighted by Crippen LogP contribution is 2.18. The molecule has 0 atom stereocenters. The summed E-state index contributed by atoms with van der Waals surface area (Å²) >= 11 is 7.26. The number of amides is 1. The molecule has 1 aliphatic rings. The first-order chi connectivity index (χ1) is 11.2. The first kappa shape index (κ1) is 16.4. The Hall–Kier alpha value is -1.50. The molecule has 1 saturated heterocycles. The summed E-state index contributed by atoms with van der Waals surface area (Å²) in [5.41, 5.74) is 0.555. The Balaban J connectivity index is 1.52. The Labute approximate surface area is 144 Å². The zero-order valence-corrected chi connectivity index (χ0v) is 14.4. The number of halogens is 1. The van der Waals surface area contributed by atoms with E-state index in [1.165, 1.54) is 43.7 Å². The zero-order valence-electron chi connectivity index (χ0n) is 12.8. The average Bonchev–Trinajstić information content (AvgIpc) is 3.02. The summed E-state index contributed by atoms with van der Waals surface area (Å²) in [6.45, 7) is 3.37. The van der Waals surface area contributed by atoms with Crippen LogP contribution in [-0.4, -0.2) is 40.6 Å². The SMILES string of the molecule is O=C(Nc1nnc(CCN2CCCCC2)s1)c1ccc(Cl)cc1. The number of aromatic nitrogens is 2. The standard InChI is InChI=1S/C16H19ClN4OS/c17-13-6-4-12(5-7-13)15(22)18-16-20-19-14(23-16)8-11-21-9-2-1-3-10-21/h4-7H,1-3,8-11H2,(H,18,20,22). The van der Waals surface area contributed by atoms with Crippen LogP contribution in [0.4, 0.5) is 5.13 Å². The van der Waals surface area contributed by atoms with Gasteiger partial charge in [0.15, 0.2) is 0 Å². The Kier molecular flexibility index (Phi) is 5.59. The maximum absolute atomic E-state index is 12.1. The molecule has 3 rings (SSSR count). The van der Waals surface area contributed by atoms with Crippen molar-refractivity contribution in [1.82, 2.24) is 15.1 Å². The molecule has 122 valence electrons. The third-order valence-corrected chi connectivity index (χ3v) is 5.03. The van der Waals surface area contributed by atoms with Crippen LogP contribution in [0.1, 0.15) is 34.6 Å². The van der Waals surface area contributed by atoms with Crippen LogP contribution in [0.3, 0.4) is 0 Å². The fourth-order valence-corrected chi connectivity index (χ4v) is 3.46. The summed E-state index contributed by atoms with van der Waals surface area (Å²) < 4.78 is 0. The summed E-state index contributed by atoms with van der Waals surface area (Å²) in [6, 6.07) is 6.77. The summed E-state index contributed by atoms with van der Waals surface area (Å²) in [6.07, 6.45) is 4.81. The van der Waals surface area contributed by atoms with E-state index in [1.807, 2.05) is 0 Å². The Bertz CT molecular complexity index is 652. The molecule has 1 aliphatic heterocycles. The minimum atomic E-state index is -0.194. The fraction of sp³-hybridized carbons (Fsp3) is 0.438. The van der Waals surface area contributed by atoms with Gasteiger partial charge in [-0.1, -0.05) is 29.4 Å². The van der Waals surface area contributed by atoms with E-state index < -0.39 is 0 Å². The first-order valence-corrected chi connectivity index (χ1v) is 9.02. The van der Waals surface area contributed by atoms with Crippen molar-refractivity contribution in [2.75, 3.05) is 25.0 Å². The predicted molar refractivity (Wildman–Crippen MR) is 93.3 cm³/mol. The van der Waals surface area contributed by atoms with Crippen molar-refractivity contribution in [1.29, 1.82) is 0 Å². The molecule has 1 N–H and O–H groups in total. The number of carbonyl (C=O) groups excluding carboxylic acids is 1. The highest BCUT2D eigenvalue weighted by Gasteiger charge is 2.13. The van der Waals surface area contributed by atoms with Gasteiger partial charge in [-0.05, 0) is 50.2 Å². The molecule has 1 amide bonds. The maximum Gasteiger partial charge on any atom is 0.257 e. The van der Waals surface area contributed by atoms with E-state index in [0.29, 0.717) is 15.7 Å². The van der Waals surface area contributed by atoms with Crippen LogP contribution < -0.4 is 5.32 Å². The number of nitrogens with one attached hydrogen (secondary N) is 1. The average molecular weight is 351 g/mol. The van der Waals surface area contributed by atoms with E-state index in [-0.39, 0.29) is 5.91 Å². The zero-order chi connectivity index (χ0) is 16.1. The topological polar surface area (TPSA) is 58.1 Å². The minimum absolute atomic E-state index is 0.194. The molecule has 1 aromatic carbocycles. The molecule has 0 saturated carbocycles.